The molecule has 8 heteroatoms. The van der Waals surface area contributed by atoms with Gasteiger partial charge in [-0.05, 0) is 0 Å². The summed E-state index contributed by atoms with van der Waals surface area (Å²) in [6, 6.07) is 0.945. The molecule has 0 bridgehead atoms. The number of rotatable bonds is 3. The summed E-state index contributed by atoms with van der Waals surface area (Å²) >= 11 is 0. The smallest absolute Gasteiger partial charge is 0.449 e. The Morgan fingerprint density at radius 3 is 2.86 bits per heavy atom. The van der Waals surface area contributed by atoms with Gasteiger partial charge in [-0.2, -0.15) is 8.78 Å². The van der Waals surface area contributed by atoms with Gasteiger partial charge in [-0.15, -0.1) is 5.10 Å². The molecule has 0 atom stereocenters. The fourth-order valence-corrected chi connectivity index (χ4v) is 0.759. The lowest BCUT2D eigenvalue weighted by atomic mass is 10.6. The molecular weight excluding hydrogens is 202 g/mol. The molecule has 0 aliphatic rings. The van der Waals surface area contributed by atoms with Gasteiger partial charge in [-0.25, -0.2) is 9.48 Å². The first-order chi connectivity index (χ1) is 6.49. The Morgan fingerprint density at radius 1 is 1.71 bits per heavy atom. The molecule has 0 saturated carbocycles. The summed E-state index contributed by atoms with van der Waals surface area (Å²) in [5.41, 5.74) is 0. The second-order valence-electron chi connectivity index (χ2n) is 2.19. The number of aromatic nitrogens is 2. The first-order valence-electron chi connectivity index (χ1n) is 3.38. The Hall–Kier alpha value is -1.86. The molecule has 0 aromatic carbocycles. The zero-order valence-electron chi connectivity index (χ0n) is 6.98. The summed E-state index contributed by atoms with van der Waals surface area (Å²) in [5, 5.41) is 11.7. The van der Waals surface area contributed by atoms with E-state index in [1.54, 1.807) is 0 Å². The van der Waals surface area contributed by atoms with Gasteiger partial charge in [-0.1, -0.05) is 0 Å². The van der Waals surface area contributed by atoms with Gasteiger partial charge in [0.05, 0.1) is 6.07 Å². The first-order valence-corrected chi connectivity index (χ1v) is 3.38. The number of carbonyl (C=O) groups is 1. The predicted molar refractivity (Wildman–Crippen MR) is 38.5 cm³/mol. The van der Waals surface area contributed by atoms with Gasteiger partial charge in [0.1, 0.15) is 0 Å². The van der Waals surface area contributed by atoms with Gasteiger partial charge in [0.25, 0.3) is 0 Å². The molecule has 6 nitrogen and oxygen atoms in total. The molecule has 1 N–H and O–H groups in total. The van der Waals surface area contributed by atoms with Gasteiger partial charge in [0, 0.05) is 7.05 Å². The van der Waals surface area contributed by atoms with E-state index in [0.717, 1.165) is 10.7 Å². The van der Waals surface area contributed by atoms with E-state index in [4.69, 9.17) is 5.11 Å². The van der Waals surface area contributed by atoms with Crippen molar-refractivity contribution in [3.63, 3.8) is 0 Å². The van der Waals surface area contributed by atoms with Crippen LogP contribution in [0.4, 0.5) is 13.6 Å². The van der Waals surface area contributed by atoms with Crippen molar-refractivity contribution in [3.8, 4) is 11.8 Å². The highest BCUT2D eigenvalue weighted by atomic mass is 19.3. The number of hydrogen-bond acceptors (Lipinski definition) is 4. The Bertz CT molecular complexity index is 339. The van der Waals surface area contributed by atoms with Crippen LogP contribution in [0.5, 0.6) is 11.8 Å². The van der Waals surface area contributed by atoms with Gasteiger partial charge in [0.15, 0.2) is 0 Å². The molecule has 1 aromatic rings. The maximum Gasteiger partial charge on any atom is 0.512 e. The van der Waals surface area contributed by atoms with E-state index >= 15 is 0 Å². The molecule has 0 radical (unpaired) electrons. The minimum atomic E-state index is -3.01. The number of alkyl halides is 2. The minimum absolute atomic E-state index is 0.201. The van der Waals surface area contributed by atoms with Crippen molar-refractivity contribution in [1.82, 2.24) is 9.78 Å². The number of carboxylic acid groups (broad SMARTS) is 1. The van der Waals surface area contributed by atoms with Crippen molar-refractivity contribution in [1.29, 1.82) is 0 Å². The van der Waals surface area contributed by atoms with Crippen molar-refractivity contribution < 1.29 is 28.2 Å². The summed E-state index contributed by atoms with van der Waals surface area (Å²) in [6.45, 7) is -3.01. The molecule has 0 saturated heterocycles. The van der Waals surface area contributed by atoms with Gasteiger partial charge in [0.2, 0.25) is 11.8 Å². The van der Waals surface area contributed by atoms with E-state index in [9.17, 15) is 13.6 Å². The van der Waals surface area contributed by atoms with E-state index in [0.29, 0.717) is 0 Å². The standard InChI is InChI=1S/C6H6F2N2O4/c1-10-4(14-6(11)12)2-3(9-10)13-5(7)8/h2,5H,1H3,(H,11,12). The first kappa shape index (κ1) is 10.2. The van der Waals surface area contributed by atoms with E-state index in [2.05, 4.69) is 14.6 Å². The number of nitrogens with zero attached hydrogens (tertiary/aromatic N) is 2. The molecule has 1 aromatic heterocycles. The second-order valence-corrected chi connectivity index (χ2v) is 2.19. The Balaban J connectivity index is 2.76. The molecule has 0 spiro atoms. The third-order valence-corrected chi connectivity index (χ3v) is 1.22. The monoisotopic (exact) mass is 208 g/mol. The van der Waals surface area contributed by atoms with Crippen LogP contribution >= 0.6 is 0 Å². The van der Waals surface area contributed by atoms with Crippen LogP contribution in [0.25, 0.3) is 0 Å². The summed E-state index contributed by atoms with van der Waals surface area (Å²) in [4.78, 5) is 10.1. The third kappa shape index (κ3) is 2.57. The topological polar surface area (TPSA) is 73.6 Å². The van der Waals surface area contributed by atoms with Gasteiger partial charge >= 0.3 is 12.8 Å². The highest BCUT2D eigenvalue weighted by molar-refractivity contribution is 5.60. The third-order valence-electron chi connectivity index (χ3n) is 1.22. The number of hydrogen-bond donors (Lipinski definition) is 1. The highest BCUT2D eigenvalue weighted by Crippen LogP contribution is 2.19. The zero-order chi connectivity index (χ0) is 10.7. The second kappa shape index (κ2) is 3.90. The SMILES string of the molecule is Cn1nc(OC(F)F)cc1OC(=O)O. The number of ether oxygens (including phenoxy) is 2. The van der Waals surface area contributed by atoms with Crippen LogP contribution in [0, 0.1) is 0 Å². The lowest BCUT2D eigenvalue weighted by Gasteiger charge is -1.96. The number of halogens is 2. The molecule has 78 valence electrons. The summed E-state index contributed by atoms with van der Waals surface area (Å²) in [6.07, 6.45) is -1.56. The number of aryl methyl sites for hydroxylation is 1. The van der Waals surface area contributed by atoms with Crippen LogP contribution in [0.1, 0.15) is 0 Å². The molecule has 1 rings (SSSR count). The largest absolute Gasteiger partial charge is 0.512 e. The van der Waals surface area contributed by atoms with Crippen LogP contribution in [0.3, 0.4) is 0 Å². The van der Waals surface area contributed by atoms with E-state index in [1.165, 1.54) is 7.05 Å². The fourth-order valence-electron chi connectivity index (χ4n) is 0.759. The van der Waals surface area contributed by atoms with Crippen molar-refractivity contribution in [2.75, 3.05) is 0 Å². The summed E-state index contributed by atoms with van der Waals surface area (Å²) in [7, 11) is 1.33. The molecule has 0 aliphatic carbocycles. The molecule has 0 unspecified atom stereocenters. The van der Waals surface area contributed by atoms with Crippen LogP contribution in [0.2, 0.25) is 0 Å². The van der Waals surface area contributed by atoms with Crippen LogP contribution in [-0.4, -0.2) is 27.7 Å². The molecule has 0 amide bonds. The highest BCUT2D eigenvalue weighted by Gasteiger charge is 2.13. The molecule has 0 aliphatic heterocycles. The summed E-state index contributed by atoms with van der Waals surface area (Å²) in [5.74, 6) is -0.605. The lowest BCUT2D eigenvalue weighted by Crippen LogP contribution is -2.06. The van der Waals surface area contributed by atoms with Crippen molar-refractivity contribution in [2.24, 2.45) is 7.05 Å². The Labute approximate surface area is 76.6 Å². The minimum Gasteiger partial charge on any atom is -0.449 e. The quantitative estimate of drug-likeness (QED) is 0.752. The Kier molecular flexibility index (Phi) is 2.85. The molecule has 14 heavy (non-hydrogen) atoms. The maximum atomic E-state index is 11.7. The van der Waals surface area contributed by atoms with E-state index in [-0.39, 0.29) is 5.88 Å². The van der Waals surface area contributed by atoms with Crippen LogP contribution in [-0.2, 0) is 7.05 Å². The predicted octanol–water partition coefficient (Wildman–Crippen LogP) is 1.08. The average Bonchev–Trinajstić information content (AvgIpc) is 2.28. The van der Waals surface area contributed by atoms with Crippen molar-refractivity contribution in [3.05, 3.63) is 6.07 Å². The normalized spacial score (nSPS) is 10.3. The molecule has 0 fully saturated rings. The van der Waals surface area contributed by atoms with Crippen LogP contribution < -0.4 is 9.47 Å². The average molecular weight is 208 g/mol. The van der Waals surface area contributed by atoms with Crippen molar-refractivity contribution >= 4 is 6.16 Å². The fraction of sp³-hybridized carbons (Fsp3) is 0.333. The van der Waals surface area contributed by atoms with Gasteiger partial charge < -0.3 is 14.6 Å². The molecule has 1 heterocycles. The maximum absolute atomic E-state index is 11.7. The zero-order valence-corrected chi connectivity index (χ0v) is 6.98. The van der Waals surface area contributed by atoms with E-state index in [1.807, 2.05) is 0 Å². The summed E-state index contributed by atoms with van der Waals surface area (Å²) < 4.78 is 32.5. The van der Waals surface area contributed by atoms with E-state index < -0.39 is 18.6 Å². The van der Waals surface area contributed by atoms with Crippen molar-refractivity contribution in [2.45, 2.75) is 6.61 Å². The van der Waals surface area contributed by atoms with Crippen LogP contribution in [0.15, 0.2) is 6.07 Å². The Morgan fingerprint density at radius 2 is 2.36 bits per heavy atom. The van der Waals surface area contributed by atoms with Gasteiger partial charge in [-0.3, -0.25) is 0 Å². The lowest BCUT2D eigenvalue weighted by molar-refractivity contribution is -0.0531. The molecular formula is C6H6F2N2O4.